The first-order valence-corrected chi connectivity index (χ1v) is 12.2. The van der Waals surface area contributed by atoms with Crippen molar-refractivity contribution in [2.24, 2.45) is 0 Å². The number of rotatable bonds is 7. The van der Waals surface area contributed by atoms with Crippen LogP contribution < -0.4 is 24.6 Å². The fourth-order valence-electron chi connectivity index (χ4n) is 4.51. The maximum absolute atomic E-state index is 12.2. The number of benzene rings is 2. The van der Waals surface area contributed by atoms with E-state index < -0.39 is 5.60 Å². The lowest BCUT2D eigenvalue weighted by atomic mass is 10.1. The van der Waals surface area contributed by atoms with Crippen molar-refractivity contribution in [2.75, 3.05) is 44.2 Å². The van der Waals surface area contributed by atoms with Gasteiger partial charge in [-0.3, -0.25) is 0 Å². The summed E-state index contributed by atoms with van der Waals surface area (Å²) in [6.07, 6.45) is 2.33. The van der Waals surface area contributed by atoms with Gasteiger partial charge in [-0.1, -0.05) is 0 Å². The number of nitrogens with zero attached hydrogens (tertiary/aromatic N) is 3. The normalized spacial score (nSPS) is 15.6. The summed E-state index contributed by atoms with van der Waals surface area (Å²) in [5.41, 5.74) is 1.67. The lowest BCUT2D eigenvalue weighted by Crippen LogP contribution is -2.40. The largest absolute Gasteiger partial charge is 0.497 e. The predicted molar refractivity (Wildman–Crippen MR) is 143 cm³/mol. The zero-order valence-electron chi connectivity index (χ0n) is 22.0. The fraction of sp³-hybridized carbons (Fsp3) is 0.429. The number of aromatic nitrogens is 1. The SMILES string of the molecule is COc1ccc(CN(C)c2ccc3c(N4CC[C@@H](NC(=O)OC(C)(C)C)C4)nccc3c2)c(OC)c1. The van der Waals surface area contributed by atoms with Gasteiger partial charge in [0.05, 0.1) is 20.3 Å². The molecule has 0 aliphatic carbocycles. The number of fused-ring (bicyclic) bond motifs is 1. The first-order valence-electron chi connectivity index (χ1n) is 12.2. The van der Waals surface area contributed by atoms with Crippen LogP contribution in [0.5, 0.6) is 11.5 Å². The maximum atomic E-state index is 12.2. The Bertz CT molecular complexity index is 1220. The average Bonchev–Trinajstić information content (AvgIpc) is 3.30. The van der Waals surface area contributed by atoms with E-state index in [2.05, 4.69) is 45.3 Å². The summed E-state index contributed by atoms with van der Waals surface area (Å²) < 4.78 is 16.3. The van der Waals surface area contributed by atoms with E-state index in [1.54, 1.807) is 14.2 Å². The highest BCUT2D eigenvalue weighted by Crippen LogP contribution is 2.32. The third kappa shape index (κ3) is 5.93. The maximum Gasteiger partial charge on any atom is 0.407 e. The van der Waals surface area contributed by atoms with Crippen LogP contribution in [-0.4, -0.2) is 57.1 Å². The number of amides is 1. The molecule has 1 N–H and O–H groups in total. The summed E-state index contributed by atoms with van der Waals surface area (Å²) in [6, 6.07) is 14.4. The molecule has 0 unspecified atom stereocenters. The number of carbonyl (C=O) groups is 1. The molecular weight excluding hydrogens is 456 g/mol. The van der Waals surface area contributed by atoms with Gasteiger partial charge in [0, 0.05) is 55.6 Å². The van der Waals surface area contributed by atoms with Crippen molar-refractivity contribution in [3.8, 4) is 11.5 Å². The standard InChI is InChI=1S/C28H36N4O4/c1-28(2,3)36-27(33)30-21-12-14-32(18-21)26-24-10-8-22(15-19(24)11-13-29-26)31(4)17-20-7-9-23(34-5)16-25(20)35-6/h7-11,13,15-16,21H,12,14,17-18H2,1-6H3,(H,30,33)/t21-/m1/s1. The molecule has 1 aliphatic rings. The zero-order valence-corrected chi connectivity index (χ0v) is 22.0. The summed E-state index contributed by atoms with van der Waals surface area (Å²) in [5.74, 6) is 2.51. The van der Waals surface area contributed by atoms with Crippen molar-refractivity contribution >= 4 is 28.4 Å². The van der Waals surface area contributed by atoms with Crippen molar-refractivity contribution in [3.05, 3.63) is 54.2 Å². The second-order valence-electron chi connectivity index (χ2n) is 10.2. The monoisotopic (exact) mass is 492 g/mol. The van der Waals surface area contributed by atoms with Crippen LogP contribution in [0.4, 0.5) is 16.3 Å². The molecule has 1 amide bonds. The van der Waals surface area contributed by atoms with E-state index in [1.165, 1.54) is 0 Å². The number of methoxy groups -OCH3 is 2. The van der Waals surface area contributed by atoms with Crippen molar-refractivity contribution in [1.29, 1.82) is 0 Å². The van der Waals surface area contributed by atoms with E-state index in [0.717, 1.165) is 52.3 Å². The van der Waals surface area contributed by atoms with Gasteiger partial charge in [-0.2, -0.15) is 0 Å². The minimum absolute atomic E-state index is 0.0294. The Balaban J connectivity index is 1.48. The van der Waals surface area contributed by atoms with E-state index >= 15 is 0 Å². The molecular formula is C28H36N4O4. The van der Waals surface area contributed by atoms with Crippen LogP contribution in [-0.2, 0) is 11.3 Å². The summed E-state index contributed by atoms with van der Waals surface area (Å²) in [4.78, 5) is 21.3. The quantitative estimate of drug-likeness (QED) is 0.498. The minimum atomic E-state index is -0.511. The summed E-state index contributed by atoms with van der Waals surface area (Å²) in [7, 11) is 5.40. The van der Waals surface area contributed by atoms with Gasteiger partial charge in [-0.05, 0) is 69.0 Å². The Hall–Kier alpha value is -3.68. The average molecular weight is 493 g/mol. The topological polar surface area (TPSA) is 76.2 Å². The number of nitrogens with one attached hydrogen (secondary N) is 1. The van der Waals surface area contributed by atoms with Gasteiger partial charge in [0.15, 0.2) is 0 Å². The van der Waals surface area contributed by atoms with Gasteiger partial charge < -0.3 is 29.3 Å². The smallest absolute Gasteiger partial charge is 0.407 e. The molecule has 1 atom stereocenters. The molecule has 2 aromatic carbocycles. The van der Waals surface area contributed by atoms with E-state index in [0.29, 0.717) is 13.1 Å². The number of alkyl carbamates (subject to hydrolysis) is 1. The van der Waals surface area contributed by atoms with Gasteiger partial charge in [0.1, 0.15) is 22.9 Å². The Kier molecular flexibility index (Phi) is 7.43. The number of hydrogen-bond donors (Lipinski definition) is 1. The summed E-state index contributed by atoms with van der Waals surface area (Å²) in [6.45, 7) is 7.82. The van der Waals surface area contributed by atoms with Gasteiger partial charge >= 0.3 is 6.09 Å². The van der Waals surface area contributed by atoms with Crippen molar-refractivity contribution in [2.45, 2.75) is 45.4 Å². The van der Waals surface area contributed by atoms with Crippen LogP contribution in [0.3, 0.4) is 0 Å². The number of anilines is 2. The highest BCUT2D eigenvalue weighted by molar-refractivity contribution is 5.94. The minimum Gasteiger partial charge on any atom is -0.497 e. The molecule has 4 rings (SSSR count). The molecule has 1 saturated heterocycles. The third-order valence-corrected chi connectivity index (χ3v) is 6.28. The van der Waals surface area contributed by atoms with Crippen LogP contribution >= 0.6 is 0 Å². The van der Waals surface area contributed by atoms with Gasteiger partial charge in [-0.25, -0.2) is 9.78 Å². The first kappa shape index (κ1) is 25.4. The molecule has 192 valence electrons. The number of hydrogen-bond acceptors (Lipinski definition) is 7. The highest BCUT2D eigenvalue weighted by Gasteiger charge is 2.27. The van der Waals surface area contributed by atoms with Gasteiger partial charge in [0.2, 0.25) is 0 Å². The number of carbonyl (C=O) groups excluding carboxylic acids is 1. The van der Waals surface area contributed by atoms with E-state index in [1.807, 2.05) is 51.2 Å². The van der Waals surface area contributed by atoms with Crippen LogP contribution in [0, 0.1) is 0 Å². The molecule has 3 aromatic rings. The molecule has 0 radical (unpaired) electrons. The molecule has 36 heavy (non-hydrogen) atoms. The van der Waals surface area contributed by atoms with Crippen LogP contribution in [0.15, 0.2) is 48.7 Å². The second-order valence-corrected chi connectivity index (χ2v) is 10.2. The third-order valence-electron chi connectivity index (χ3n) is 6.28. The molecule has 1 fully saturated rings. The van der Waals surface area contributed by atoms with Crippen LogP contribution in [0.1, 0.15) is 32.8 Å². The molecule has 1 aromatic heterocycles. The molecule has 0 spiro atoms. The van der Waals surface area contributed by atoms with Gasteiger partial charge in [-0.15, -0.1) is 0 Å². The Morgan fingerprint density at radius 2 is 1.94 bits per heavy atom. The van der Waals surface area contributed by atoms with E-state index in [-0.39, 0.29) is 12.1 Å². The Morgan fingerprint density at radius 1 is 1.14 bits per heavy atom. The van der Waals surface area contributed by atoms with Crippen molar-refractivity contribution in [3.63, 3.8) is 0 Å². The Morgan fingerprint density at radius 3 is 2.67 bits per heavy atom. The fourth-order valence-corrected chi connectivity index (χ4v) is 4.51. The number of ether oxygens (including phenoxy) is 3. The molecule has 0 saturated carbocycles. The predicted octanol–water partition coefficient (Wildman–Crippen LogP) is 4.99. The molecule has 1 aliphatic heterocycles. The Labute approximate surface area is 213 Å². The van der Waals surface area contributed by atoms with Crippen LogP contribution in [0.2, 0.25) is 0 Å². The van der Waals surface area contributed by atoms with E-state index in [9.17, 15) is 4.79 Å². The number of pyridine rings is 1. The van der Waals surface area contributed by atoms with Crippen LogP contribution in [0.25, 0.3) is 10.8 Å². The lowest BCUT2D eigenvalue weighted by Gasteiger charge is -2.23. The molecule has 8 heteroatoms. The van der Waals surface area contributed by atoms with Crippen molar-refractivity contribution < 1.29 is 19.0 Å². The van der Waals surface area contributed by atoms with E-state index in [4.69, 9.17) is 14.2 Å². The van der Waals surface area contributed by atoms with Gasteiger partial charge in [0.25, 0.3) is 0 Å². The zero-order chi connectivity index (χ0) is 25.9. The van der Waals surface area contributed by atoms with Crippen molar-refractivity contribution in [1.82, 2.24) is 10.3 Å². The summed E-state index contributed by atoms with van der Waals surface area (Å²) in [5, 5.41) is 5.20. The second kappa shape index (κ2) is 10.5. The lowest BCUT2D eigenvalue weighted by molar-refractivity contribution is 0.0509. The molecule has 0 bridgehead atoms. The molecule has 2 heterocycles. The first-order chi connectivity index (χ1) is 17.2. The highest BCUT2D eigenvalue weighted by atomic mass is 16.6. The molecule has 8 nitrogen and oxygen atoms in total. The summed E-state index contributed by atoms with van der Waals surface area (Å²) >= 11 is 0.